The maximum atomic E-state index is 12.1. The summed E-state index contributed by atoms with van der Waals surface area (Å²) in [6, 6.07) is 16.4. The number of aromatic nitrogens is 2. The summed E-state index contributed by atoms with van der Waals surface area (Å²) in [4.78, 5) is 23.3. The third-order valence-corrected chi connectivity index (χ3v) is 4.11. The molecule has 7 heteroatoms. The Morgan fingerprint density at radius 1 is 0.963 bits per heavy atom. The van der Waals surface area contributed by atoms with E-state index in [-0.39, 0.29) is 6.03 Å². The Hall–Kier alpha value is -3.61. The number of nitrogens with one attached hydrogen (secondary N) is 2. The number of benzene rings is 2. The molecule has 0 aliphatic carbocycles. The smallest absolute Gasteiger partial charge is 0.315 e. The zero-order valence-electron chi connectivity index (χ0n) is 14.8. The lowest BCUT2D eigenvalue weighted by Crippen LogP contribution is -2.34. The van der Waals surface area contributed by atoms with Crippen LogP contribution in [0.25, 0.3) is 0 Å². The van der Waals surface area contributed by atoms with Gasteiger partial charge in [0.15, 0.2) is 0 Å². The molecule has 0 saturated heterocycles. The molecule has 0 radical (unpaired) electrons. The number of carbonyl (C=O) groups is 2. The molecule has 3 rings (SSSR count). The first-order valence-electron chi connectivity index (χ1n) is 8.56. The number of amides is 3. The minimum absolute atomic E-state index is 0.284. The number of primary amides is 1. The van der Waals surface area contributed by atoms with Gasteiger partial charge < -0.3 is 16.4 Å². The van der Waals surface area contributed by atoms with Crippen LogP contribution < -0.4 is 16.4 Å². The first-order valence-corrected chi connectivity index (χ1v) is 8.56. The first-order chi connectivity index (χ1) is 13.1. The summed E-state index contributed by atoms with van der Waals surface area (Å²) in [5.41, 5.74) is 8.61. The molecular weight excluding hydrogens is 342 g/mol. The SMILES string of the molecule is NC(=O)c1cccc(CNC(=O)NCc2ccccc2Cn2cccn2)c1. The number of rotatable bonds is 7. The normalized spacial score (nSPS) is 10.4. The van der Waals surface area contributed by atoms with Crippen LogP contribution in [0.15, 0.2) is 67.0 Å². The monoisotopic (exact) mass is 363 g/mol. The average molecular weight is 363 g/mol. The number of nitrogens with two attached hydrogens (primary N) is 1. The molecule has 0 bridgehead atoms. The van der Waals surface area contributed by atoms with Crippen molar-refractivity contribution in [1.82, 2.24) is 20.4 Å². The van der Waals surface area contributed by atoms with Crippen molar-refractivity contribution in [2.75, 3.05) is 0 Å². The second-order valence-electron chi connectivity index (χ2n) is 6.07. The summed E-state index contributed by atoms with van der Waals surface area (Å²) in [5.74, 6) is -0.491. The third kappa shape index (κ3) is 5.18. The van der Waals surface area contributed by atoms with Crippen LogP contribution in [0.1, 0.15) is 27.0 Å². The Bertz CT molecular complexity index is 922. The molecule has 0 saturated carbocycles. The van der Waals surface area contributed by atoms with Gasteiger partial charge >= 0.3 is 6.03 Å². The van der Waals surface area contributed by atoms with Gasteiger partial charge in [-0.1, -0.05) is 36.4 Å². The summed E-state index contributed by atoms with van der Waals surface area (Å²) in [6.45, 7) is 1.36. The lowest BCUT2D eigenvalue weighted by atomic mass is 10.1. The van der Waals surface area contributed by atoms with Gasteiger partial charge in [0.05, 0.1) is 6.54 Å². The average Bonchev–Trinajstić information content (AvgIpc) is 3.19. The van der Waals surface area contributed by atoms with E-state index in [1.165, 1.54) is 0 Å². The summed E-state index contributed by atoms with van der Waals surface area (Å²) in [6.07, 6.45) is 3.64. The lowest BCUT2D eigenvalue weighted by Gasteiger charge is -2.12. The van der Waals surface area contributed by atoms with Gasteiger partial charge in [-0.2, -0.15) is 5.10 Å². The van der Waals surface area contributed by atoms with Gasteiger partial charge in [0.2, 0.25) is 5.91 Å². The van der Waals surface area contributed by atoms with Crippen LogP contribution in [0, 0.1) is 0 Å². The van der Waals surface area contributed by atoms with Gasteiger partial charge in [-0.05, 0) is 34.9 Å². The molecule has 3 amide bonds. The van der Waals surface area contributed by atoms with Gasteiger partial charge in [0.1, 0.15) is 0 Å². The summed E-state index contributed by atoms with van der Waals surface area (Å²) in [7, 11) is 0. The highest BCUT2D eigenvalue weighted by Crippen LogP contribution is 2.10. The third-order valence-electron chi connectivity index (χ3n) is 4.11. The zero-order chi connectivity index (χ0) is 19.1. The fourth-order valence-corrected chi connectivity index (χ4v) is 2.71. The fourth-order valence-electron chi connectivity index (χ4n) is 2.71. The number of hydrogen-bond donors (Lipinski definition) is 3. The standard InChI is InChI=1S/C20H21N5O2/c21-19(26)16-8-3-5-15(11-16)12-22-20(27)23-13-17-6-1-2-7-18(17)14-25-10-4-9-24-25/h1-11H,12-14H2,(H2,21,26)(H2,22,23,27). The summed E-state index contributed by atoms with van der Waals surface area (Å²) in [5, 5.41) is 9.85. The zero-order valence-corrected chi connectivity index (χ0v) is 14.8. The molecule has 138 valence electrons. The predicted octanol–water partition coefficient (Wildman–Crippen LogP) is 2.03. The van der Waals surface area contributed by atoms with Crippen molar-refractivity contribution in [2.45, 2.75) is 19.6 Å². The van der Waals surface area contributed by atoms with E-state index >= 15 is 0 Å². The number of hydrogen-bond acceptors (Lipinski definition) is 3. The molecular formula is C20H21N5O2. The van der Waals surface area contributed by atoms with Crippen LogP contribution in [-0.2, 0) is 19.6 Å². The molecule has 3 aromatic rings. The molecule has 0 spiro atoms. The molecule has 2 aromatic carbocycles. The Labute approximate surface area is 157 Å². The molecule has 0 atom stereocenters. The maximum absolute atomic E-state index is 12.1. The van der Waals surface area contributed by atoms with Gasteiger partial charge in [-0.15, -0.1) is 0 Å². The Kier molecular flexibility index (Phi) is 5.84. The number of urea groups is 1. The van der Waals surface area contributed by atoms with Crippen molar-refractivity contribution in [3.63, 3.8) is 0 Å². The molecule has 0 aliphatic rings. The molecule has 27 heavy (non-hydrogen) atoms. The quantitative estimate of drug-likeness (QED) is 0.598. The molecule has 1 heterocycles. The van der Waals surface area contributed by atoms with Gasteiger partial charge in [0, 0.05) is 31.0 Å². The fraction of sp³-hybridized carbons (Fsp3) is 0.150. The summed E-state index contributed by atoms with van der Waals surface area (Å²) >= 11 is 0. The van der Waals surface area contributed by atoms with Gasteiger partial charge in [-0.3, -0.25) is 9.48 Å². The van der Waals surface area contributed by atoms with E-state index in [2.05, 4.69) is 15.7 Å². The van der Waals surface area contributed by atoms with E-state index in [1.807, 2.05) is 47.3 Å². The van der Waals surface area contributed by atoms with Crippen molar-refractivity contribution in [2.24, 2.45) is 5.73 Å². The molecule has 0 unspecified atom stereocenters. The Morgan fingerprint density at radius 2 is 1.74 bits per heavy atom. The van der Waals surface area contributed by atoms with Crippen molar-refractivity contribution < 1.29 is 9.59 Å². The van der Waals surface area contributed by atoms with Crippen molar-refractivity contribution in [3.8, 4) is 0 Å². The molecule has 1 aromatic heterocycles. The van der Waals surface area contributed by atoms with Crippen LogP contribution in [0.5, 0.6) is 0 Å². The van der Waals surface area contributed by atoms with Crippen molar-refractivity contribution in [1.29, 1.82) is 0 Å². The molecule has 0 fully saturated rings. The van der Waals surface area contributed by atoms with Gasteiger partial charge in [-0.25, -0.2) is 4.79 Å². The summed E-state index contributed by atoms with van der Waals surface area (Å²) < 4.78 is 1.84. The topological polar surface area (TPSA) is 102 Å². The highest BCUT2D eigenvalue weighted by atomic mass is 16.2. The number of carbonyl (C=O) groups excluding carboxylic acids is 2. The second-order valence-corrected chi connectivity index (χ2v) is 6.07. The van der Waals surface area contributed by atoms with E-state index in [0.717, 1.165) is 16.7 Å². The van der Waals surface area contributed by atoms with Gasteiger partial charge in [0.25, 0.3) is 0 Å². The highest BCUT2D eigenvalue weighted by Gasteiger charge is 2.06. The van der Waals surface area contributed by atoms with Crippen LogP contribution in [-0.4, -0.2) is 21.7 Å². The molecule has 0 aliphatic heterocycles. The molecule has 7 nitrogen and oxygen atoms in total. The van der Waals surface area contributed by atoms with E-state index < -0.39 is 5.91 Å². The maximum Gasteiger partial charge on any atom is 0.315 e. The van der Waals surface area contributed by atoms with Crippen molar-refractivity contribution >= 4 is 11.9 Å². The van der Waals surface area contributed by atoms with E-state index in [4.69, 9.17) is 5.73 Å². The predicted molar refractivity (Wildman–Crippen MR) is 102 cm³/mol. The van der Waals surface area contributed by atoms with E-state index in [1.54, 1.807) is 24.4 Å². The minimum atomic E-state index is -0.491. The Balaban J connectivity index is 1.54. The molecule has 4 N–H and O–H groups in total. The van der Waals surface area contributed by atoms with Crippen LogP contribution in [0.3, 0.4) is 0 Å². The first kappa shape index (κ1) is 18.2. The minimum Gasteiger partial charge on any atom is -0.366 e. The van der Waals surface area contributed by atoms with Crippen molar-refractivity contribution in [3.05, 3.63) is 89.2 Å². The Morgan fingerprint density at radius 3 is 2.48 bits per heavy atom. The van der Waals surface area contributed by atoms with Crippen LogP contribution in [0.2, 0.25) is 0 Å². The second kappa shape index (κ2) is 8.66. The highest BCUT2D eigenvalue weighted by molar-refractivity contribution is 5.92. The number of nitrogens with zero attached hydrogens (tertiary/aromatic N) is 2. The van der Waals surface area contributed by atoms with Crippen LogP contribution in [0.4, 0.5) is 4.79 Å². The largest absolute Gasteiger partial charge is 0.366 e. The van der Waals surface area contributed by atoms with E-state index in [9.17, 15) is 9.59 Å². The lowest BCUT2D eigenvalue weighted by molar-refractivity contribution is 0.1000. The van der Waals surface area contributed by atoms with Crippen LogP contribution >= 0.6 is 0 Å². The van der Waals surface area contributed by atoms with E-state index in [0.29, 0.717) is 25.2 Å².